The molecule has 0 unspecified atom stereocenters. The summed E-state index contributed by atoms with van der Waals surface area (Å²) in [6.45, 7) is 1.16. The van der Waals surface area contributed by atoms with Crippen molar-refractivity contribution in [3.05, 3.63) is 65.2 Å². The molecule has 2 amide bonds. The number of carbonyl (C=O) groups is 2. The van der Waals surface area contributed by atoms with Gasteiger partial charge in [0.1, 0.15) is 16.9 Å². The fourth-order valence-corrected chi connectivity index (χ4v) is 2.58. The molecule has 0 radical (unpaired) electrons. The standard InChI is InChI=1S/C20H15F3N2O4/c1-11(26)24-18(27)16-9-12-8-15(28-2)6-7-17(12)29-19(16)25-14-5-3-4-13(10-14)20(21,22)23/h3-10H,1-2H3,(H,24,26,27). The number of rotatable bonds is 3. The van der Waals surface area contributed by atoms with Gasteiger partial charge in [-0.05, 0) is 42.5 Å². The Hall–Kier alpha value is -3.62. The first-order valence-corrected chi connectivity index (χ1v) is 8.33. The monoisotopic (exact) mass is 404 g/mol. The van der Waals surface area contributed by atoms with Crippen LogP contribution in [0.5, 0.6) is 5.75 Å². The maximum Gasteiger partial charge on any atom is 0.416 e. The van der Waals surface area contributed by atoms with Gasteiger partial charge in [0.05, 0.1) is 18.4 Å². The van der Waals surface area contributed by atoms with Crippen LogP contribution >= 0.6 is 0 Å². The number of carbonyl (C=O) groups excluding carboxylic acids is 2. The van der Waals surface area contributed by atoms with Crippen molar-refractivity contribution in [2.75, 3.05) is 7.11 Å². The number of nitrogens with one attached hydrogen (secondary N) is 1. The number of alkyl halides is 3. The zero-order valence-corrected chi connectivity index (χ0v) is 15.3. The maximum absolute atomic E-state index is 13.0. The molecule has 0 aliphatic rings. The third-order valence-electron chi connectivity index (χ3n) is 3.89. The van der Waals surface area contributed by atoms with Crippen LogP contribution in [0.25, 0.3) is 11.0 Å². The Balaban J connectivity index is 2.23. The minimum absolute atomic E-state index is 0.0617. The number of nitrogens with zero attached hydrogens (tertiary/aromatic N) is 1. The van der Waals surface area contributed by atoms with Crippen molar-refractivity contribution in [3.8, 4) is 5.75 Å². The van der Waals surface area contributed by atoms with E-state index in [4.69, 9.17) is 9.15 Å². The van der Waals surface area contributed by atoms with Crippen LogP contribution < -0.4 is 15.6 Å². The van der Waals surface area contributed by atoms with Crippen molar-refractivity contribution in [2.45, 2.75) is 13.1 Å². The highest BCUT2D eigenvalue weighted by atomic mass is 19.4. The van der Waals surface area contributed by atoms with Crippen molar-refractivity contribution < 1.29 is 31.9 Å². The number of fused-ring (bicyclic) bond motifs is 1. The minimum Gasteiger partial charge on any atom is -0.497 e. The summed E-state index contributed by atoms with van der Waals surface area (Å²) in [5, 5.41) is 2.59. The fraction of sp³-hybridized carbons (Fsp3) is 0.150. The Kier molecular flexibility index (Phi) is 5.40. The molecule has 1 aromatic heterocycles. The van der Waals surface area contributed by atoms with E-state index in [2.05, 4.69) is 10.3 Å². The lowest BCUT2D eigenvalue weighted by molar-refractivity contribution is -0.137. The van der Waals surface area contributed by atoms with Crippen molar-refractivity contribution in [1.29, 1.82) is 0 Å². The number of methoxy groups -OCH3 is 1. The summed E-state index contributed by atoms with van der Waals surface area (Å²) in [5.41, 5.74) is -0.970. The topological polar surface area (TPSA) is 80.9 Å². The average molecular weight is 404 g/mol. The van der Waals surface area contributed by atoms with Crippen molar-refractivity contribution >= 4 is 28.5 Å². The predicted molar refractivity (Wildman–Crippen MR) is 97.6 cm³/mol. The van der Waals surface area contributed by atoms with Crippen LogP contribution in [-0.2, 0) is 11.0 Å². The maximum atomic E-state index is 13.0. The summed E-state index contributed by atoms with van der Waals surface area (Å²) in [4.78, 5) is 27.8. The van der Waals surface area contributed by atoms with E-state index < -0.39 is 23.6 Å². The van der Waals surface area contributed by atoms with Crippen LogP contribution in [-0.4, -0.2) is 18.9 Å². The third kappa shape index (κ3) is 4.63. The first-order valence-electron chi connectivity index (χ1n) is 8.33. The van der Waals surface area contributed by atoms with Gasteiger partial charge in [0.25, 0.3) is 5.91 Å². The van der Waals surface area contributed by atoms with Crippen LogP contribution in [0.4, 0.5) is 18.9 Å². The Bertz CT molecular complexity index is 1170. The summed E-state index contributed by atoms with van der Waals surface area (Å²) in [6.07, 6.45) is -4.54. The number of imide groups is 1. The van der Waals surface area contributed by atoms with Gasteiger partial charge >= 0.3 is 6.18 Å². The van der Waals surface area contributed by atoms with Crippen molar-refractivity contribution in [2.24, 2.45) is 4.99 Å². The summed E-state index contributed by atoms with van der Waals surface area (Å²) in [5.74, 6) is -0.893. The Morgan fingerprint density at radius 3 is 2.52 bits per heavy atom. The quantitative estimate of drug-likeness (QED) is 0.716. The molecule has 6 nitrogen and oxygen atoms in total. The van der Waals surface area contributed by atoms with E-state index in [1.54, 1.807) is 18.2 Å². The SMILES string of the molecule is COc1ccc2oc(=Nc3cccc(C(F)(F)F)c3)c(C(=O)NC(C)=O)cc2c1. The Morgan fingerprint density at radius 1 is 1.10 bits per heavy atom. The number of amides is 2. The van der Waals surface area contributed by atoms with Crippen LogP contribution in [0, 0.1) is 0 Å². The second-order valence-electron chi connectivity index (χ2n) is 6.04. The second kappa shape index (κ2) is 7.78. The first kappa shape index (κ1) is 20.1. The van der Waals surface area contributed by atoms with Gasteiger partial charge in [0.15, 0.2) is 0 Å². The molecule has 0 saturated heterocycles. The predicted octanol–water partition coefficient (Wildman–Crippen LogP) is 3.97. The largest absolute Gasteiger partial charge is 0.497 e. The van der Waals surface area contributed by atoms with Gasteiger partial charge < -0.3 is 9.15 Å². The van der Waals surface area contributed by atoms with Gasteiger partial charge in [0, 0.05) is 12.3 Å². The molecule has 0 bridgehead atoms. The highest BCUT2D eigenvalue weighted by Crippen LogP contribution is 2.31. The van der Waals surface area contributed by atoms with Gasteiger partial charge in [-0.3, -0.25) is 14.9 Å². The molecule has 0 spiro atoms. The van der Waals surface area contributed by atoms with E-state index in [1.165, 1.54) is 25.3 Å². The first-order chi connectivity index (χ1) is 13.7. The smallest absolute Gasteiger partial charge is 0.416 e. The van der Waals surface area contributed by atoms with Crippen LogP contribution in [0.1, 0.15) is 22.8 Å². The molecule has 1 N–H and O–H groups in total. The van der Waals surface area contributed by atoms with Gasteiger partial charge in [-0.25, -0.2) is 4.99 Å². The van der Waals surface area contributed by atoms with Crippen LogP contribution in [0.15, 0.2) is 57.9 Å². The second-order valence-corrected chi connectivity index (χ2v) is 6.04. The molecule has 0 fully saturated rings. The van der Waals surface area contributed by atoms with Crippen LogP contribution in [0.3, 0.4) is 0 Å². The van der Waals surface area contributed by atoms with E-state index >= 15 is 0 Å². The molecule has 0 saturated carbocycles. The highest BCUT2D eigenvalue weighted by molar-refractivity contribution is 6.05. The van der Waals surface area contributed by atoms with E-state index in [0.717, 1.165) is 19.1 Å². The molecule has 3 rings (SSSR count). The lowest BCUT2D eigenvalue weighted by Gasteiger charge is -2.08. The van der Waals surface area contributed by atoms with Crippen molar-refractivity contribution in [3.63, 3.8) is 0 Å². The number of halogens is 3. The number of hydrogen-bond acceptors (Lipinski definition) is 5. The van der Waals surface area contributed by atoms with Gasteiger partial charge in [-0.1, -0.05) is 6.07 Å². The van der Waals surface area contributed by atoms with E-state index in [0.29, 0.717) is 16.7 Å². The number of hydrogen-bond donors (Lipinski definition) is 1. The third-order valence-corrected chi connectivity index (χ3v) is 3.89. The molecule has 29 heavy (non-hydrogen) atoms. The van der Waals surface area contributed by atoms with Crippen molar-refractivity contribution in [1.82, 2.24) is 5.32 Å². The van der Waals surface area contributed by atoms with Gasteiger partial charge in [-0.15, -0.1) is 0 Å². The Morgan fingerprint density at radius 2 is 1.86 bits per heavy atom. The summed E-state index contributed by atoms with van der Waals surface area (Å²) < 4.78 is 49.7. The van der Waals surface area contributed by atoms with E-state index in [9.17, 15) is 22.8 Å². The lowest BCUT2D eigenvalue weighted by Crippen LogP contribution is -2.32. The lowest BCUT2D eigenvalue weighted by atomic mass is 10.1. The normalized spacial score (nSPS) is 12.1. The number of benzene rings is 2. The minimum atomic E-state index is -4.54. The summed E-state index contributed by atoms with van der Waals surface area (Å²) >= 11 is 0. The molecule has 1 heterocycles. The average Bonchev–Trinajstić information content (AvgIpc) is 2.66. The zero-order valence-electron chi connectivity index (χ0n) is 15.3. The Labute approximate surface area is 162 Å². The van der Waals surface area contributed by atoms with Gasteiger partial charge in [0.2, 0.25) is 11.5 Å². The van der Waals surface area contributed by atoms with Crippen LogP contribution in [0.2, 0.25) is 0 Å². The fourth-order valence-electron chi connectivity index (χ4n) is 2.58. The molecular formula is C20H15F3N2O4. The summed E-state index contributed by atoms with van der Waals surface area (Å²) in [6, 6.07) is 10.5. The summed E-state index contributed by atoms with van der Waals surface area (Å²) in [7, 11) is 1.47. The van der Waals surface area contributed by atoms with E-state index in [1.807, 2.05) is 0 Å². The molecular weight excluding hydrogens is 389 g/mol. The molecule has 9 heteroatoms. The molecule has 0 aliphatic carbocycles. The molecule has 150 valence electrons. The number of ether oxygens (including phenoxy) is 1. The van der Waals surface area contributed by atoms with Gasteiger partial charge in [-0.2, -0.15) is 13.2 Å². The molecule has 0 atom stereocenters. The highest BCUT2D eigenvalue weighted by Gasteiger charge is 2.30. The zero-order chi connectivity index (χ0) is 21.2. The molecule has 3 aromatic rings. The molecule has 0 aliphatic heterocycles. The molecule has 2 aromatic carbocycles. The van der Waals surface area contributed by atoms with E-state index in [-0.39, 0.29) is 16.8 Å².